The molecular weight excluding hydrogens is 316 g/mol. The predicted molar refractivity (Wildman–Crippen MR) is 93.3 cm³/mol. The van der Waals surface area contributed by atoms with E-state index in [1.54, 1.807) is 24.3 Å². The zero-order chi connectivity index (χ0) is 17.6. The maximum atomic E-state index is 12.4. The van der Waals surface area contributed by atoms with Crippen LogP contribution < -0.4 is 0 Å². The molecule has 4 rings (SSSR count). The second kappa shape index (κ2) is 6.10. The van der Waals surface area contributed by atoms with Crippen LogP contribution in [0.2, 0.25) is 0 Å². The smallest absolute Gasteiger partial charge is 0.261 e. The number of nitrogens with zero attached hydrogens (tertiary/aromatic N) is 2. The summed E-state index contributed by atoms with van der Waals surface area (Å²) in [5, 5.41) is 10.6. The van der Waals surface area contributed by atoms with Crippen molar-refractivity contribution >= 4 is 11.8 Å². The molecule has 128 valence electrons. The molecule has 2 amide bonds. The Kier molecular flexibility index (Phi) is 3.90. The molecule has 2 atom stereocenters. The maximum absolute atomic E-state index is 12.4. The molecule has 0 aromatic heterocycles. The van der Waals surface area contributed by atoms with E-state index in [0.717, 1.165) is 17.5 Å². The molecule has 5 heteroatoms. The first-order chi connectivity index (χ1) is 12.1. The van der Waals surface area contributed by atoms with Gasteiger partial charge in [0.2, 0.25) is 0 Å². The third-order valence-electron chi connectivity index (χ3n) is 5.29. The molecule has 2 aromatic carbocycles. The summed E-state index contributed by atoms with van der Waals surface area (Å²) in [7, 11) is 1.93. The molecule has 0 radical (unpaired) electrons. The minimum Gasteiger partial charge on any atom is -0.387 e. The van der Waals surface area contributed by atoms with E-state index in [2.05, 4.69) is 0 Å². The van der Waals surface area contributed by atoms with Gasteiger partial charge in [-0.25, -0.2) is 0 Å². The summed E-state index contributed by atoms with van der Waals surface area (Å²) in [5.41, 5.74) is 3.08. The summed E-state index contributed by atoms with van der Waals surface area (Å²) in [6.45, 7) is 0.851. The first-order valence-corrected chi connectivity index (χ1v) is 8.49. The van der Waals surface area contributed by atoms with Gasteiger partial charge >= 0.3 is 0 Å². The van der Waals surface area contributed by atoms with E-state index < -0.39 is 6.10 Å². The molecule has 0 saturated heterocycles. The van der Waals surface area contributed by atoms with E-state index in [1.165, 1.54) is 4.90 Å². The summed E-state index contributed by atoms with van der Waals surface area (Å²) < 4.78 is 0. The highest BCUT2D eigenvalue weighted by Crippen LogP contribution is 2.33. The minimum absolute atomic E-state index is 0.0346. The molecule has 0 unspecified atom stereocenters. The molecule has 2 aromatic rings. The zero-order valence-corrected chi connectivity index (χ0v) is 14.1. The van der Waals surface area contributed by atoms with Crippen LogP contribution >= 0.6 is 0 Å². The first-order valence-electron chi connectivity index (χ1n) is 8.49. The summed E-state index contributed by atoms with van der Waals surface area (Å²) in [4.78, 5) is 28.2. The van der Waals surface area contributed by atoms with Gasteiger partial charge in [0.1, 0.15) is 0 Å². The van der Waals surface area contributed by atoms with E-state index in [1.807, 2.05) is 36.2 Å². The number of carbonyl (C=O) groups excluding carboxylic acids is 2. The molecule has 0 fully saturated rings. The van der Waals surface area contributed by atoms with Crippen LogP contribution in [-0.4, -0.2) is 52.9 Å². The molecule has 1 aliphatic carbocycles. The van der Waals surface area contributed by atoms with Crippen molar-refractivity contribution in [3.63, 3.8) is 0 Å². The molecule has 0 spiro atoms. The van der Waals surface area contributed by atoms with E-state index in [0.29, 0.717) is 24.2 Å². The zero-order valence-electron chi connectivity index (χ0n) is 14.1. The number of imide groups is 1. The Morgan fingerprint density at radius 1 is 1.04 bits per heavy atom. The number of fused-ring (bicyclic) bond motifs is 2. The lowest BCUT2D eigenvalue weighted by Gasteiger charge is -2.28. The van der Waals surface area contributed by atoms with E-state index in [-0.39, 0.29) is 17.9 Å². The lowest BCUT2D eigenvalue weighted by Crippen LogP contribution is -2.42. The van der Waals surface area contributed by atoms with Gasteiger partial charge in [-0.1, -0.05) is 36.4 Å². The molecular formula is C20H20N2O3. The number of hydrogen-bond acceptors (Lipinski definition) is 4. The van der Waals surface area contributed by atoms with Gasteiger partial charge in [0, 0.05) is 19.1 Å². The number of amides is 2. The third kappa shape index (κ3) is 2.56. The Morgan fingerprint density at radius 3 is 2.28 bits per heavy atom. The molecule has 25 heavy (non-hydrogen) atoms. The van der Waals surface area contributed by atoms with Gasteiger partial charge < -0.3 is 5.11 Å². The molecule has 0 bridgehead atoms. The van der Waals surface area contributed by atoms with Crippen LogP contribution in [0, 0.1) is 0 Å². The first kappa shape index (κ1) is 16.0. The molecule has 0 saturated carbocycles. The van der Waals surface area contributed by atoms with Crippen molar-refractivity contribution in [3.8, 4) is 0 Å². The third-order valence-corrected chi connectivity index (χ3v) is 5.29. The van der Waals surface area contributed by atoms with Crippen molar-refractivity contribution in [3.05, 3.63) is 70.8 Å². The predicted octanol–water partition coefficient (Wildman–Crippen LogP) is 1.87. The lowest BCUT2D eigenvalue weighted by atomic mass is 10.1. The Bertz CT molecular complexity index is 813. The van der Waals surface area contributed by atoms with Gasteiger partial charge in [0.05, 0.1) is 17.2 Å². The molecule has 2 aliphatic rings. The monoisotopic (exact) mass is 336 g/mol. The number of aliphatic hydroxyl groups excluding tert-OH is 1. The lowest BCUT2D eigenvalue weighted by molar-refractivity contribution is 0.0556. The van der Waals surface area contributed by atoms with Crippen LogP contribution in [0.15, 0.2) is 48.5 Å². The van der Waals surface area contributed by atoms with E-state index >= 15 is 0 Å². The van der Waals surface area contributed by atoms with Crippen LogP contribution in [0.25, 0.3) is 0 Å². The topological polar surface area (TPSA) is 60.9 Å². The van der Waals surface area contributed by atoms with Gasteiger partial charge in [0.15, 0.2) is 0 Å². The Labute approximate surface area is 146 Å². The van der Waals surface area contributed by atoms with Crippen molar-refractivity contribution in [1.29, 1.82) is 0 Å². The number of likely N-dealkylation sites (N-methyl/N-ethyl adjacent to an activating group) is 1. The fourth-order valence-corrected chi connectivity index (χ4v) is 3.82. The highest BCUT2D eigenvalue weighted by Gasteiger charge is 2.37. The van der Waals surface area contributed by atoms with Crippen LogP contribution in [0.1, 0.15) is 37.9 Å². The summed E-state index contributed by atoms with van der Waals surface area (Å²) in [5.74, 6) is -0.464. The van der Waals surface area contributed by atoms with E-state index in [9.17, 15) is 14.7 Å². The number of hydrogen-bond donors (Lipinski definition) is 1. The fraction of sp³-hybridized carbons (Fsp3) is 0.300. The highest BCUT2D eigenvalue weighted by atomic mass is 16.3. The van der Waals surface area contributed by atoms with Gasteiger partial charge in [-0.15, -0.1) is 0 Å². The second-order valence-corrected chi connectivity index (χ2v) is 6.70. The minimum atomic E-state index is -0.539. The number of rotatable bonds is 4. The van der Waals surface area contributed by atoms with Gasteiger partial charge in [-0.3, -0.25) is 19.4 Å². The van der Waals surface area contributed by atoms with Gasteiger partial charge in [0.25, 0.3) is 11.8 Å². The highest BCUT2D eigenvalue weighted by molar-refractivity contribution is 6.21. The van der Waals surface area contributed by atoms with Crippen LogP contribution in [-0.2, 0) is 6.42 Å². The molecule has 1 N–H and O–H groups in total. The fourth-order valence-electron chi connectivity index (χ4n) is 3.82. The molecule has 5 nitrogen and oxygen atoms in total. The second-order valence-electron chi connectivity index (χ2n) is 6.70. The van der Waals surface area contributed by atoms with Crippen molar-refractivity contribution in [2.24, 2.45) is 0 Å². The summed E-state index contributed by atoms with van der Waals surface area (Å²) in [6, 6.07) is 14.8. The normalized spacial score (nSPS) is 21.8. The molecule has 1 heterocycles. The Hall–Kier alpha value is -2.50. The summed E-state index contributed by atoms with van der Waals surface area (Å²) >= 11 is 0. The number of carbonyl (C=O) groups is 2. The quantitative estimate of drug-likeness (QED) is 0.866. The Balaban J connectivity index is 1.43. The number of benzene rings is 2. The average molecular weight is 336 g/mol. The van der Waals surface area contributed by atoms with Crippen molar-refractivity contribution < 1.29 is 14.7 Å². The van der Waals surface area contributed by atoms with E-state index in [4.69, 9.17) is 0 Å². The van der Waals surface area contributed by atoms with Crippen LogP contribution in [0.5, 0.6) is 0 Å². The molecule has 1 aliphatic heterocycles. The van der Waals surface area contributed by atoms with Crippen molar-refractivity contribution in [2.45, 2.75) is 18.6 Å². The number of aliphatic hydroxyl groups is 1. The van der Waals surface area contributed by atoms with Gasteiger partial charge in [-0.05, 0) is 36.7 Å². The van der Waals surface area contributed by atoms with Crippen LogP contribution in [0.3, 0.4) is 0 Å². The van der Waals surface area contributed by atoms with Crippen molar-refractivity contribution in [2.75, 3.05) is 20.1 Å². The average Bonchev–Trinajstić information content (AvgIpc) is 3.09. The summed E-state index contributed by atoms with van der Waals surface area (Å²) in [6.07, 6.45) is 0.235. The largest absolute Gasteiger partial charge is 0.387 e. The standard InChI is InChI=1S/C20H20N2O3/c1-21(17-12-13-6-2-3-7-14(13)18(17)23)10-11-22-19(24)15-8-4-5-9-16(15)20(22)25/h2-9,17-18,23H,10-12H2,1H3/t17-,18-/m1/s1. The maximum Gasteiger partial charge on any atom is 0.261 e. The van der Waals surface area contributed by atoms with Crippen LogP contribution in [0.4, 0.5) is 0 Å². The van der Waals surface area contributed by atoms with Gasteiger partial charge in [-0.2, -0.15) is 0 Å². The van der Waals surface area contributed by atoms with Crippen molar-refractivity contribution in [1.82, 2.24) is 9.80 Å². The SMILES string of the molecule is CN(CCN1C(=O)c2ccccc2C1=O)[C@@H]1Cc2ccccc2[C@H]1O. The Morgan fingerprint density at radius 2 is 1.64 bits per heavy atom.